The second kappa shape index (κ2) is 8.97. The smallest absolute Gasteiger partial charge is 0.209 e. The molecule has 1 aliphatic carbocycles. The molecule has 3 rings (SSSR count). The lowest BCUT2D eigenvalue weighted by atomic mass is 9.78. The Hall–Kier alpha value is -1.71. The number of ether oxygens (including phenoxy) is 2. The van der Waals surface area contributed by atoms with E-state index in [-0.39, 0.29) is 23.9 Å². The van der Waals surface area contributed by atoms with Crippen molar-refractivity contribution in [2.24, 2.45) is 5.92 Å². The first-order chi connectivity index (χ1) is 13.7. The summed E-state index contributed by atoms with van der Waals surface area (Å²) in [6, 6.07) is 0. The Labute approximate surface area is 176 Å². The monoisotopic (exact) mass is 396 g/mol. The summed E-state index contributed by atoms with van der Waals surface area (Å²) in [6.07, 6.45) is 15.2. The lowest BCUT2D eigenvalue weighted by molar-refractivity contribution is -0.224. The van der Waals surface area contributed by atoms with Crippen LogP contribution in [0.25, 0.3) is 0 Å². The largest absolute Gasteiger partial charge is 0.335 e. The molecule has 0 N–H and O–H groups in total. The highest BCUT2D eigenvalue weighted by molar-refractivity contribution is 5.96. The molecular formula is C26H36O3. The van der Waals surface area contributed by atoms with Gasteiger partial charge >= 0.3 is 0 Å². The lowest BCUT2D eigenvalue weighted by Crippen LogP contribution is -2.48. The Morgan fingerprint density at radius 1 is 1.17 bits per heavy atom. The average Bonchev–Trinajstić information content (AvgIpc) is 2.61. The molecule has 0 aromatic carbocycles. The van der Waals surface area contributed by atoms with Gasteiger partial charge < -0.3 is 9.47 Å². The van der Waals surface area contributed by atoms with Gasteiger partial charge in [0, 0.05) is 12.3 Å². The number of allylic oxidation sites excluding steroid dienone is 4. The van der Waals surface area contributed by atoms with Gasteiger partial charge in [-0.15, -0.1) is 0 Å². The Morgan fingerprint density at radius 2 is 1.93 bits per heavy atom. The molecule has 2 heterocycles. The molecule has 0 saturated carbocycles. The van der Waals surface area contributed by atoms with E-state index < -0.39 is 5.79 Å². The number of hydrogen-bond acceptors (Lipinski definition) is 3. The first-order valence-corrected chi connectivity index (χ1v) is 11.0. The highest BCUT2D eigenvalue weighted by atomic mass is 16.7. The number of Topliss-reactive ketones (excluding diaryl/α,β-unsaturated/α-hetero) is 1. The van der Waals surface area contributed by atoms with E-state index in [9.17, 15) is 4.79 Å². The summed E-state index contributed by atoms with van der Waals surface area (Å²) < 4.78 is 13.1. The molecule has 0 aromatic rings. The number of carbonyl (C=O) groups is 1. The molecule has 0 unspecified atom stereocenters. The van der Waals surface area contributed by atoms with Crippen LogP contribution in [-0.2, 0) is 14.3 Å². The standard InChI is InChI=1S/C26H36O3/c1-7-21-16-26(29-25-13-20(6)24(27)14-23(21)25)15-19(5)12-22(28-26)11-18(4)10-8-9-17(2)3/h9,11,13,15-16,22-23,25H,7-8,10,12,14H2,1-6H3/b18-11+/t22-,23-,25-,26+/m0/s1. The first-order valence-electron chi connectivity index (χ1n) is 11.0. The van der Waals surface area contributed by atoms with Gasteiger partial charge in [0.05, 0.1) is 12.2 Å². The zero-order valence-corrected chi connectivity index (χ0v) is 18.9. The summed E-state index contributed by atoms with van der Waals surface area (Å²) in [4.78, 5) is 12.2. The minimum Gasteiger partial charge on any atom is -0.335 e. The summed E-state index contributed by atoms with van der Waals surface area (Å²) in [5.74, 6) is -0.456. The van der Waals surface area contributed by atoms with Crippen molar-refractivity contribution >= 4 is 5.78 Å². The number of hydrogen-bond donors (Lipinski definition) is 0. The van der Waals surface area contributed by atoms with E-state index in [4.69, 9.17) is 9.47 Å². The predicted octanol–water partition coefficient (Wildman–Crippen LogP) is 6.38. The molecule has 3 heteroatoms. The molecule has 1 spiro atoms. The van der Waals surface area contributed by atoms with E-state index in [0.29, 0.717) is 6.42 Å². The predicted molar refractivity (Wildman–Crippen MR) is 119 cm³/mol. The molecule has 3 aliphatic rings. The van der Waals surface area contributed by atoms with Gasteiger partial charge in [0.1, 0.15) is 0 Å². The van der Waals surface area contributed by atoms with E-state index in [1.54, 1.807) is 0 Å². The van der Waals surface area contributed by atoms with Gasteiger partial charge in [-0.2, -0.15) is 0 Å². The second-order valence-corrected chi connectivity index (χ2v) is 9.14. The Morgan fingerprint density at radius 3 is 2.62 bits per heavy atom. The minimum absolute atomic E-state index is 0.00732. The number of ketones is 1. The van der Waals surface area contributed by atoms with Crippen molar-refractivity contribution < 1.29 is 14.3 Å². The summed E-state index contributed by atoms with van der Waals surface area (Å²) in [6.45, 7) is 12.7. The molecule has 0 fully saturated rings. The van der Waals surface area contributed by atoms with Crippen molar-refractivity contribution in [3.63, 3.8) is 0 Å². The van der Waals surface area contributed by atoms with E-state index in [2.05, 4.69) is 58.9 Å². The number of rotatable bonds is 5. The van der Waals surface area contributed by atoms with Crippen LogP contribution < -0.4 is 0 Å². The molecule has 0 amide bonds. The third kappa shape index (κ3) is 5.26. The van der Waals surface area contributed by atoms with Gasteiger partial charge in [0.25, 0.3) is 0 Å². The van der Waals surface area contributed by atoms with Gasteiger partial charge in [0.2, 0.25) is 5.79 Å². The molecule has 2 aliphatic heterocycles. The molecule has 3 nitrogen and oxygen atoms in total. The van der Waals surface area contributed by atoms with E-state index in [1.807, 2.05) is 13.0 Å². The quantitative estimate of drug-likeness (QED) is 0.506. The van der Waals surface area contributed by atoms with Crippen LogP contribution >= 0.6 is 0 Å². The number of carbonyl (C=O) groups excluding carboxylic acids is 1. The van der Waals surface area contributed by atoms with Crippen LogP contribution in [0.5, 0.6) is 0 Å². The highest BCUT2D eigenvalue weighted by Crippen LogP contribution is 2.43. The van der Waals surface area contributed by atoms with Gasteiger partial charge in [-0.05, 0) is 84.1 Å². The average molecular weight is 397 g/mol. The summed E-state index contributed by atoms with van der Waals surface area (Å²) in [7, 11) is 0. The normalized spacial score (nSPS) is 32.3. The third-order valence-electron chi connectivity index (χ3n) is 6.12. The fourth-order valence-electron chi connectivity index (χ4n) is 4.62. The maximum atomic E-state index is 12.2. The summed E-state index contributed by atoms with van der Waals surface area (Å²) in [5.41, 5.74) is 6.08. The highest BCUT2D eigenvalue weighted by Gasteiger charge is 2.45. The van der Waals surface area contributed by atoms with Crippen molar-refractivity contribution in [1.29, 1.82) is 0 Å². The van der Waals surface area contributed by atoms with E-state index >= 15 is 0 Å². The van der Waals surface area contributed by atoms with E-state index in [1.165, 1.54) is 22.3 Å². The van der Waals surface area contributed by atoms with Crippen molar-refractivity contribution in [3.8, 4) is 0 Å². The zero-order chi connectivity index (χ0) is 21.2. The van der Waals surface area contributed by atoms with Crippen LogP contribution in [-0.4, -0.2) is 23.8 Å². The van der Waals surface area contributed by atoms with Crippen LogP contribution in [0.2, 0.25) is 0 Å². The Bertz CT molecular complexity index is 804. The van der Waals surface area contributed by atoms with Crippen molar-refractivity contribution in [2.75, 3.05) is 0 Å². The van der Waals surface area contributed by atoms with Crippen LogP contribution in [0, 0.1) is 5.92 Å². The molecule has 29 heavy (non-hydrogen) atoms. The fourth-order valence-corrected chi connectivity index (χ4v) is 4.62. The van der Waals surface area contributed by atoms with Crippen LogP contribution in [0.15, 0.2) is 58.2 Å². The molecule has 0 radical (unpaired) electrons. The van der Waals surface area contributed by atoms with Crippen molar-refractivity contribution in [1.82, 2.24) is 0 Å². The van der Waals surface area contributed by atoms with Gasteiger partial charge in [-0.25, -0.2) is 0 Å². The van der Waals surface area contributed by atoms with Crippen molar-refractivity contribution in [2.45, 2.75) is 91.6 Å². The topological polar surface area (TPSA) is 35.5 Å². The van der Waals surface area contributed by atoms with Crippen LogP contribution in [0.1, 0.15) is 73.6 Å². The lowest BCUT2D eigenvalue weighted by Gasteiger charge is -2.45. The maximum absolute atomic E-state index is 12.2. The zero-order valence-electron chi connectivity index (χ0n) is 18.9. The van der Waals surface area contributed by atoms with Crippen molar-refractivity contribution in [3.05, 3.63) is 58.2 Å². The maximum Gasteiger partial charge on any atom is 0.209 e. The molecular weight excluding hydrogens is 360 g/mol. The SMILES string of the molecule is CCC1=C[C@@]2(C=C(C)C[C@H](/C=C(\C)CCC=C(C)C)O2)O[C@H]2C=C(C)C(=O)C[C@@H]12. The number of fused-ring (bicyclic) bond motifs is 1. The van der Waals surface area contributed by atoms with Gasteiger partial charge in [0.15, 0.2) is 5.78 Å². The summed E-state index contributed by atoms with van der Waals surface area (Å²) in [5, 5.41) is 0. The van der Waals surface area contributed by atoms with Crippen LogP contribution in [0.4, 0.5) is 0 Å². The minimum atomic E-state index is -0.826. The third-order valence-corrected chi connectivity index (χ3v) is 6.12. The molecule has 0 aromatic heterocycles. The second-order valence-electron chi connectivity index (χ2n) is 9.14. The first kappa shape index (κ1) is 22.0. The summed E-state index contributed by atoms with van der Waals surface area (Å²) >= 11 is 0. The Kier molecular flexibility index (Phi) is 6.80. The molecule has 0 saturated heterocycles. The van der Waals surface area contributed by atoms with Gasteiger partial charge in [-0.1, -0.05) is 41.4 Å². The molecule has 4 atom stereocenters. The van der Waals surface area contributed by atoms with Crippen LogP contribution in [0.3, 0.4) is 0 Å². The fraction of sp³-hybridized carbons (Fsp3) is 0.577. The van der Waals surface area contributed by atoms with E-state index in [0.717, 1.165) is 31.3 Å². The Balaban J connectivity index is 1.83. The molecule has 158 valence electrons. The van der Waals surface area contributed by atoms with Gasteiger partial charge in [-0.3, -0.25) is 4.79 Å². The molecule has 0 bridgehead atoms.